The fraction of sp³-hybridized carbons (Fsp3) is 0.938. The molecule has 0 aromatic heterocycles. The molecule has 0 bridgehead atoms. The van der Waals surface area contributed by atoms with Gasteiger partial charge in [0.1, 0.15) is 62.0 Å². The van der Waals surface area contributed by atoms with Crippen molar-refractivity contribution in [1.29, 1.82) is 0 Å². The van der Waals surface area contributed by atoms with E-state index in [1.54, 1.807) is 0 Å². The maximum atomic E-state index is 12.3. The first-order chi connectivity index (χ1) is 24.6. The molecule has 2 aliphatic heterocycles. The second-order valence-corrected chi connectivity index (χ2v) is 12.9. The van der Waals surface area contributed by atoms with Gasteiger partial charge in [-0.1, -0.05) is 74.4 Å². The second kappa shape index (κ2) is 26.0. The highest BCUT2D eigenvalue weighted by Crippen LogP contribution is 2.29. The highest BCUT2D eigenvalue weighted by atomic mass is 16.8. The van der Waals surface area contributed by atoms with Crippen LogP contribution in [-0.2, 0) is 33.3 Å². The van der Waals surface area contributed by atoms with E-state index in [-0.39, 0.29) is 12.8 Å². The summed E-state index contributed by atoms with van der Waals surface area (Å²) in [7, 11) is 0. The van der Waals surface area contributed by atoms with Gasteiger partial charge in [0.05, 0.1) is 0 Å². The highest BCUT2D eigenvalue weighted by Gasteiger charge is 2.50. The van der Waals surface area contributed by atoms with Gasteiger partial charge in [-0.25, -0.2) is 0 Å². The van der Waals surface area contributed by atoms with Gasteiger partial charge in [-0.3, -0.25) is 9.59 Å². The van der Waals surface area contributed by atoms with Crippen LogP contribution in [0.2, 0.25) is 0 Å². The summed E-state index contributed by atoms with van der Waals surface area (Å²) in [6.07, 6.45) is -4.14. The van der Waals surface area contributed by atoms with E-state index in [0.29, 0.717) is 25.9 Å². The molecule has 2 heterocycles. The quantitative estimate of drug-likeness (QED) is 0.0245. The van der Waals surface area contributed by atoms with Gasteiger partial charge < -0.3 is 54.3 Å². The van der Waals surface area contributed by atoms with E-state index < -0.39 is 86.6 Å². The second-order valence-electron chi connectivity index (χ2n) is 12.9. The summed E-state index contributed by atoms with van der Waals surface area (Å²) >= 11 is 0. The van der Waals surface area contributed by atoms with Crippen LogP contribution in [-0.4, -0.2) is 130 Å². The number of hydrogen-bond donors (Lipinski definition) is 6. The minimum atomic E-state index is -1.83. The van der Waals surface area contributed by atoms with E-state index in [4.69, 9.17) is 34.7 Å². The first kappa shape index (κ1) is 44.4. The summed E-state index contributed by atoms with van der Waals surface area (Å²) in [4.78, 5) is 30.0. The van der Waals surface area contributed by atoms with Crippen molar-refractivity contribution in [2.75, 3.05) is 26.3 Å². The van der Waals surface area contributed by atoms with Crippen LogP contribution in [0, 0.1) is 0 Å². The van der Waals surface area contributed by atoms with E-state index in [1.807, 2.05) is 0 Å². The van der Waals surface area contributed by atoms with E-state index in [2.05, 4.69) is 20.1 Å². The van der Waals surface area contributed by atoms with Crippen molar-refractivity contribution in [2.45, 2.75) is 164 Å². The van der Waals surface area contributed by atoms with Gasteiger partial charge in [0, 0.05) is 35.8 Å². The van der Waals surface area contributed by atoms with Crippen molar-refractivity contribution < 1.29 is 63.9 Å². The zero-order chi connectivity index (χ0) is 37.4. The van der Waals surface area contributed by atoms with Gasteiger partial charge in [-0.2, -0.15) is 0 Å². The minimum Gasteiger partial charge on any atom is -0.463 e. The van der Waals surface area contributed by atoms with E-state index >= 15 is 0 Å². The van der Waals surface area contributed by atoms with Crippen LogP contribution in [0.4, 0.5) is 0 Å². The van der Waals surface area contributed by atoms with Gasteiger partial charge in [-0.05, 0) is 36.7 Å². The van der Waals surface area contributed by atoms with Crippen LogP contribution in [0.25, 0.3) is 20.9 Å². The van der Waals surface area contributed by atoms with Gasteiger partial charge >= 0.3 is 11.9 Å². The standard InChI is InChI=1S/C32H56N6O13/c33-37-35-17-13-9-5-1-3-7-11-15-23(39)47-19-21-25(41)27(43)29(45)31(49-21)51-32-30(46)28(44)26(42)22(50-32)20-48-24(40)16-12-8-4-2-6-10-14-18-36-38-34/h21-22,25-32,41-46H,1-20H2/t21?,22?,25-,26-,27+,28?,29?,30-,31-,32-/m1/s1. The Balaban J connectivity index is 1.74. The molecule has 19 nitrogen and oxygen atoms in total. The number of unbranched alkanes of at least 4 members (excludes halogenated alkanes) is 12. The number of hydrogen-bond acceptors (Lipinski definition) is 15. The third kappa shape index (κ3) is 17.1. The molecule has 2 fully saturated rings. The fourth-order valence-electron chi connectivity index (χ4n) is 5.72. The normalized spacial score (nSPS) is 29.1. The van der Waals surface area contributed by atoms with Crippen LogP contribution in [0.15, 0.2) is 10.2 Å². The van der Waals surface area contributed by atoms with Crippen molar-refractivity contribution in [2.24, 2.45) is 10.2 Å². The SMILES string of the molecule is [N-]=[N+]=NCCCCCCCCCC(=O)OCC1O[C@H](O[C@H]2OC(COC(=O)CCCCCCCCCN=[N+]=[N-])[C@@H](O)[C@H](O)C2O)[C@H](O)C(O)[C@@H]1O. The number of esters is 2. The lowest BCUT2D eigenvalue weighted by atomic mass is 9.98. The predicted molar refractivity (Wildman–Crippen MR) is 178 cm³/mol. The third-order valence-electron chi connectivity index (χ3n) is 8.83. The van der Waals surface area contributed by atoms with Gasteiger partial charge in [0.2, 0.25) is 0 Å². The predicted octanol–water partition coefficient (Wildman–Crippen LogP) is 2.57. The molecular formula is C32H56N6O13. The third-order valence-corrected chi connectivity index (χ3v) is 8.83. The Morgan fingerprint density at radius 3 is 1.20 bits per heavy atom. The molecule has 0 spiro atoms. The molecule has 0 aromatic carbocycles. The Morgan fingerprint density at radius 2 is 0.843 bits per heavy atom. The molecule has 292 valence electrons. The zero-order valence-corrected chi connectivity index (χ0v) is 29.1. The van der Waals surface area contributed by atoms with Crippen LogP contribution in [0.5, 0.6) is 0 Å². The molecule has 0 saturated carbocycles. The van der Waals surface area contributed by atoms with Crippen LogP contribution in [0.1, 0.15) is 103 Å². The van der Waals surface area contributed by atoms with Crippen molar-refractivity contribution >= 4 is 11.9 Å². The number of nitrogens with zero attached hydrogens (tertiary/aromatic N) is 6. The molecule has 0 amide bonds. The molecule has 2 saturated heterocycles. The van der Waals surface area contributed by atoms with E-state index in [9.17, 15) is 40.2 Å². The summed E-state index contributed by atoms with van der Waals surface area (Å²) < 4.78 is 27.1. The first-order valence-corrected chi connectivity index (χ1v) is 18.0. The largest absolute Gasteiger partial charge is 0.463 e. The smallest absolute Gasteiger partial charge is 0.305 e. The number of azide groups is 2. The average molecular weight is 733 g/mol. The van der Waals surface area contributed by atoms with Crippen molar-refractivity contribution in [3.8, 4) is 0 Å². The minimum absolute atomic E-state index is 0.126. The lowest BCUT2D eigenvalue weighted by molar-refractivity contribution is -0.376. The van der Waals surface area contributed by atoms with Crippen molar-refractivity contribution in [1.82, 2.24) is 0 Å². The molecule has 19 heteroatoms. The van der Waals surface area contributed by atoms with Gasteiger partial charge in [-0.15, -0.1) is 0 Å². The lowest BCUT2D eigenvalue weighted by Gasteiger charge is -2.44. The number of rotatable bonds is 26. The Bertz CT molecular complexity index is 1010. The van der Waals surface area contributed by atoms with E-state index in [1.165, 1.54) is 0 Å². The Labute approximate surface area is 297 Å². The van der Waals surface area contributed by atoms with Crippen molar-refractivity contribution in [3.05, 3.63) is 20.9 Å². The summed E-state index contributed by atoms with van der Waals surface area (Å²) in [6, 6.07) is 0. The molecule has 2 aliphatic rings. The Morgan fingerprint density at radius 1 is 0.510 bits per heavy atom. The average Bonchev–Trinajstić information content (AvgIpc) is 3.12. The molecule has 51 heavy (non-hydrogen) atoms. The number of aliphatic hydroxyl groups is 6. The number of carbonyl (C=O) groups is 2. The molecular weight excluding hydrogens is 676 g/mol. The highest BCUT2D eigenvalue weighted by molar-refractivity contribution is 5.69. The summed E-state index contributed by atoms with van der Waals surface area (Å²) in [5.74, 6) is -1.09. The summed E-state index contributed by atoms with van der Waals surface area (Å²) in [6.45, 7) is 0.0320. The van der Waals surface area contributed by atoms with Crippen LogP contribution < -0.4 is 0 Å². The Hall–Kier alpha value is -2.80. The summed E-state index contributed by atoms with van der Waals surface area (Å²) in [5, 5.41) is 69.7. The Kier molecular flexibility index (Phi) is 22.7. The van der Waals surface area contributed by atoms with E-state index in [0.717, 1.165) is 77.0 Å². The monoisotopic (exact) mass is 732 g/mol. The van der Waals surface area contributed by atoms with Gasteiger partial charge in [0.15, 0.2) is 12.6 Å². The lowest BCUT2D eigenvalue weighted by Crippen LogP contribution is -2.64. The van der Waals surface area contributed by atoms with Crippen molar-refractivity contribution in [3.63, 3.8) is 0 Å². The first-order valence-electron chi connectivity index (χ1n) is 18.0. The molecule has 4 unspecified atom stereocenters. The zero-order valence-electron chi connectivity index (χ0n) is 29.1. The van der Waals surface area contributed by atoms with Gasteiger partial charge in [0.25, 0.3) is 0 Å². The number of ether oxygens (including phenoxy) is 5. The maximum Gasteiger partial charge on any atom is 0.305 e. The molecule has 0 aliphatic carbocycles. The summed E-state index contributed by atoms with van der Waals surface area (Å²) in [5.41, 5.74) is 16.5. The number of aliphatic hydroxyl groups excluding tert-OH is 6. The molecule has 0 radical (unpaired) electrons. The molecule has 6 N–H and O–H groups in total. The fourth-order valence-corrected chi connectivity index (χ4v) is 5.72. The molecule has 0 aromatic rings. The van der Waals surface area contributed by atoms with Crippen LogP contribution >= 0.6 is 0 Å². The molecule has 2 rings (SSSR count). The topological polar surface area (TPSA) is 299 Å². The van der Waals surface area contributed by atoms with Crippen LogP contribution in [0.3, 0.4) is 0 Å². The number of carbonyl (C=O) groups excluding carboxylic acids is 2. The maximum absolute atomic E-state index is 12.3. The molecule has 10 atom stereocenters.